The highest BCUT2D eigenvalue weighted by molar-refractivity contribution is 4.97. The van der Waals surface area contributed by atoms with Gasteiger partial charge < -0.3 is 9.47 Å². The third kappa shape index (κ3) is 3.65. The first-order valence-electron chi connectivity index (χ1n) is 7.05. The minimum absolute atomic E-state index is 0.249. The maximum atomic E-state index is 13.5. The summed E-state index contributed by atoms with van der Waals surface area (Å²) in [6, 6.07) is 0. The van der Waals surface area contributed by atoms with Crippen molar-refractivity contribution in [2.24, 2.45) is 5.41 Å². The standard InChI is InChI=1S/C14H26FNO2/c1-11(2)18-10-14(5-6-14)9-16-7-4-12(15)13(8-16)17-3/h11-13H,4-10H2,1-3H3/t12-,13+/m0/s1. The summed E-state index contributed by atoms with van der Waals surface area (Å²) < 4.78 is 24.5. The lowest BCUT2D eigenvalue weighted by atomic mass is 10.0. The summed E-state index contributed by atoms with van der Waals surface area (Å²) in [7, 11) is 1.61. The first kappa shape index (κ1) is 14.2. The van der Waals surface area contributed by atoms with Crippen molar-refractivity contribution < 1.29 is 13.9 Å². The summed E-state index contributed by atoms with van der Waals surface area (Å²) in [4.78, 5) is 2.35. The van der Waals surface area contributed by atoms with Crippen LogP contribution in [0, 0.1) is 5.41 Å². The highest BCUT2D eigenvalue weighted by atomic mass is 19.1. The highest BCUT2D eigenvalue weighted by Crippen LogP contribution is 2.47. The van der Waals surface area contributed by atoms with E-state index >= 15 is 0 Å². The van der Waals surface area contributed by atoms with E-state index in [0.29, 0.717) is 17.9 Å². The molecule has 1 saturated carbocycles. The predicted octanol–water partition coefficient (Wildman–Crippen LogP) is 2.25. The van der Waals surface area contributed by atoms with Gasteiger partial charge in [0.2, 0.25) is 0 Å². The van der Waals surface area contributed by atoms with E-state index in [1.807, 2.05) is 0 Å². The molecule has 106 valence electrons. The summed E-state index contributed by atoms with van der Waals surface area (Å²) in [5, 5.41) is 0. The quantitative estimate of drug-likeness (QED) is 0.730. The average molecular weight is 259 g/mol. The van der Waals surface area contributed by atoms with Crippen LogP contribution in [0.15, 0.2) is 0 Å². The molecule has 1 aliphatic carbocycles. The van der Waals surface area contributed by atoms with Gasteiger partial charge in [0.15, 0.2) is 0 Å². The zero-order valence-corrected chi connectivity index (χ0v) is 11.8. The van der Waals surface area contributed by atoms with E-state index in [4.69, 9.17) is 9.47 Å². The molecule has 0 aromatic carbocycles. The minimum atomic E-state index is -0.798. The largest absolute Gasteiger partial charge is 0.378 e. The number of halogens is 1. The lowest BCUT2D eigenvalue weighted by Crippen LogP contribution is -2.48. The fourth-order valence-electron chi connectivity index (χ4n) is 2.66. The molecule has 4 heteroatoms. The fraction of sp³-hybridized carbons (Fsp3) is 1.00. The van der Waals surface area contributed by atoms with Crippen LogP contribution >= 0.6 is 0 Å². The van der Waals surface area contributed by atoms with Gasteiger partial charge in [0.25, 0.3) is 0 Å². The number of likely N-dealkylation sites (tertiary alicyclic amines) is 1. The SMILES string of the molecule is CO[C@@H]1CN(CC2(COC(C)C)CC2)CC[C@@H]1F. The zero-order valence-electron chi connectivity index (χ0n) is 11.8. The number of hydrogen-bond acceptors (Lipinski definition) is 3. The monoisotopic (exact) mass is 259 g/mol. The molecule has 3 nitrogen and oxygen atoms in total. The maximum absolute atomic E-state index is 13.5. The predicted molar refractivity (Wildman–Crippen MR) is 69.5 cm³/mol. The van der Waals surface area contributed by atoms with Gasteiger partial charge in [-0.05, 0) is 33.1 Å². The molecule has 2 aliphatic rings. The molecule has 0 radical (unpaired) electrons. The molecule has 0 amide bonds. The van der Waals surface area contributed by atoms with Gasteiger partial charge in [-0.3, -0.25) is 4.90 Å². The van der Waals surface area contributed by atoms with E-state index in [1.165, 1.54) is 12.8 Å². The van der Waals surface area contributed by atoms with Crippen LogP contribution in [-0.2, 0) is 9.47 Å². The van der Waals surface area contributed by atoms with Crippen LogP contribution < -0.4 is 0 Å². The lowest BCUT2D eigenvalue weighted by Gasteiger charge is -2.36. The van der Waals surface area contributed by atoms with Crippen molar-refractivity contribution in [3.8, 4) is 0 Å². The summed E-state index contributed by atoms with van der Waals surface area (Å²) >= 11 is 0. The molecule has 0 aromatic heterocycles. The Kier molecular flexibility index (Phi) is 4.62. The molecule has 0 bridgehead atoms. The van der Waals surface area contributed by atoms with Crippen LogP contribution in [-0.4, -0.2) is 56.6 Å². The molecule has 1 saturated heterocycles. The summed E-state index contributed by atoms with van der Waals surface area (Å²) in [6.07, 6.45) is 2.33. The number of hydrogen-bond donors (Lipinski definition) is 0. The molecule has 0 spiro atoms. The van der Waals surface area contributed by atoms with Crippen molar-refractivity contribution in [3.63, 3.8) is 0 Å². The van der Waals surface area contributed by atoms with Crippen molar-refractivity contribution in [2.45, 2.75) is 51.5 Å². The smallest absolute Gasteiger partial charge is 0.129 e. The second kappa shape index (κ2) is 5.85. The van der Waals surface area contributed by atoms with Crippen LogP contribution in [0.1, 0.15) is 33.1 Å². The van der Waals surface area contributed by atoms with Crippen molar-refractivity contribution in [2.75, 3.05) is 33.4 Å². The molecule has 0 aromatic rings. The van der Waals surface area contributed by atoms with Crippen LogP contribution in [0.4, 0.5) is 4.39 Å². The second-order valence-corrected chi connectivity index (χ2v) is 6.17. The molecule has 1 heterocycles. The second-order valence-electron chi connectivity index (χ2n) is 6.17. The molecule has 0 N–H and O–H groups in total. The van der Waals surface area contributed by atoms with Crippen LogP contribution in [0.25, 0.3) is 0 Å². The van der Waals surface area contributed by atoms with Gasteiger partial charge in [0, 0.05) is 32.2 Å². The number of methoxy groups -OCH3 is 1. The summed E-state index contributed by atoms with van der Waals surface area (Å²) in [5.74, 6) is 0. The Morgan fingerprint density at radius 3 is 2.67 bits per heavy atom. The van der Waals surface area contributed by atoms with Gasteiger partial charge in [0.1, 0.15) is 12.3 Å². The average Bonchev–Trinajstić information content (AvgIpc) is 3.10. The molecule has 2 rings (SSSR count). The van der Waals surface area contributed by atoms with Crippen LogP contribution in [0.5, 0.6) is 0 Å². The van der Waals surface area contributed by atoms with Gasteiger partial charge >= 0.3 is 0 Å². The normalized spacial score (nSPS) is 31.8. The van der Waals surface area contributed by atoms with E-state index in [0.717, 1.165) is 26.2 Å². The number of alkyl halides is 1. The number of nitrogens with zero attached hydrogens (tertiary/aromatic N) is 1. The highest BCUT2D eigenvalue weighted by Gasteiger charge is 2.45. The lowest BCUT2D eigenvalue weighted by molar-refractivity contribution is -0.0378. The number of ether oxygens (including phenoxy) is 2. The molecule has 18 heavy (non-hydrogen) atoms. The summed E-state index contributed by atoms with van der Waals surface area (Å²) in [6.45, 7) is 7.60. The van der Waals surface area contributed by atoms with Gasteiger partial charge in [0.05, 0.1) is 12.7 Å². The Bertz CT molecular complexity index is 269. The van der Waals surface area contributed by atoms with Crippen LogP contribution in [0.2, 0.25) is 0 Å². The fourth-order valence-corrected chi connectivity index (χ4v) is 2.66. The molecule has 2 atom stereocenters. The maximum Gasteiger partial charge on any atom is 0.129 e. The Balaban J connectivity index is 1.79. The van der Waals surface area contributed by atoms with E-state index in [9.17, 15) is 4.39 Å². The first-order chi connectivity index (χ1) is 8.54. The molecule has 1 aliphatic heterocycles. The third-order valence-corrected chi connectivity index (χ3v) is 4.10. The van der Waals surface area contributed by atoms with E-state index in [-0.39, 0.29) is 6.10 Å². The number of rotatable bonds is 6. The molecule has 0 unspecified atom stereocenters. The van der Waals surface area contributed by atoms with E-state index < -0.39 is 6.17 Å². The zero-order chi connectivity index (χ0) is 13.2. The Morgan fingerprint density at radius 2 is 2.11 bits per heavy atom. The topological polar surface area (TPSA) is 21.7 Å². The van der Waals surface area contributed by atoms with E-state index in [2.05, 4.69) is 18.7 Å². The van der Waals surface area contributed by atoms with Crippen molar-refractivity contribution in [1.29, 1.82) is 0 Å². The molecule has 2 fully saturated rings. The van der Waals surface area contributed by atoms with Gasteiger partial charge in [-0.25, -0.2) is 4.39 Å². The van der Waals surface area contributed by atoms with Crippen molar-refractivity contribution in [1.82, 2.24) is 4.90 Å². The van der Waals surface area contributed by atoms with Crippen LogP contribution in [0.3, 0.4) is 0 Å². The van der Waals surface area contributed by atoms with Gasteiger partial charge in [-0.1, -0.05) is 0 Å². The van der Waals surface area contributed by atoms with Gasteiger partial charge in [-0.2, -0.15) is 0 Å². The number of piperidine rings is 1. The van der Waals surface area contributed by atoms with Crippen molar-refractivity contribution >= 4 is 0 Å². The summed E-state index contributed by atoms with van der Waals surface area (Å²) in [5.41, 5.74) is 0.339. The van der Waals surface area contributed by atoms with Crippen molar-refractivity contribution in [3.05, 3.63) is 0 Å². The molecular weight excluding hydrogens is 233 g/mol. The third-order valence-electron chi connectivity index (χ3n) is 4.10. The Labute approximate surface area is 110 Å². The minimum Gasteiger partial charge on any atom is -0.378 e. The van der Waals surface area contributed by atoms with E-state index in [1.54, 1.807) is 7.11 Å². The molecular formula is C14H26FNO2. The van der Waals surface area contributed by atoms with Gasteiger partial charge in [-0.15, -0.1) is 0 Å². The Hall–Kier alpha value is -0.190. The first-order valence-corrected chi connectivity index (χ1v) is 7.05. The Morgan fingerprint density at radius 1 is 1.39 bits per heavy atom.